The summed E-state index contributed by atoms with van der Waals surface area (Å²) in [6.07, 6.45) is 2.54. The maximum atomic E-state index is 5.37. The molecule has 18 heavy (non-hydrogen) atoms. The first kappa shape index (κ1) is 13.9. The highest BCUT2D eigenvalue weighted by molar-refractivity contribution is 7.99. The Bertz CT molecular complexity index is 372. The first-order valence-electron chi connectivity index (χ1n) is 6.81. The van der Waals surface area contributed by atoms with E-state index in [9.17, 15) is 0 Å². The van der Waals surface area contributed by atoms with E-state index < -0.39 is 0 Å². The predicted octanol–water partition coefficient (Wildman–Crippen LogP) is 3.26. The van der Waals surface area contributed by atoms with Gasteiger partial charge in [0.15, 0.2) is 5.82 Å². The Balaban J connectivity index is 1.98. The van der Waals surface area contributed by atoms with Crippen LogP contribution in [0.2, 0.25) is 0 Å². The highest BCUT2D eigenvalue weighted by atomic mass is 32.2. The minimum absolute atomic E-state index is 0.320. The third-order valence-corrected chi connectivity index (χ3v) is 4.76. The molecule has 1 aliphatic rings. The minimum Gasteiger partial charge on any atom is -0.338 e. The van der Waals surface area contributed by atoms with Crippen molar-refractivity contribution in [1.82, 2.24) is 15.0 Å². The van der Waals surface area contributed by atoms with Gasteiger partial charge in [-0.05, 0) is 39.4 Å². The fraction of sp³-hybridized carbons (Fsp3) is 0.846. The molecular formula is C13H23N3OS. The molecule has 3 atom stereocenters. The van der Waals surface area contributed by atoms with Crippen LogP contribution in [0.1, 0.15) is 57.5 Å². The largest absolute Gasteiger partial charge is 0.338 e. The van der Waals surface area contributed by atoms with Crippen molar-refractivity contribution in [2.75, 3.05) is 5.75 Å². The van der Waals surface area contributed by atoms with E-state index in [2.05, 4.69) is 42.7 Å². The fourth-order valence-electron chi connectivity index (χ4n) is 2.54. The van der Waals surface area contributed by atoms with Gasteiger partial charge in [0.05, 0.1) is 11.8 Å². The van der Waals surface area contributed by atoms with Gasteiger partial charge in [0.2, 0.25) is 5.89 Å². The SMILES string of the molecule is CCS[C@@H](C)c1noc(CN2[C@H](C)CC[C@@H]2C)n1. The molecule has 0 unspecified atom stereocenters. The van der Waals surface area contributed by atoms with Crippen LogP contribution < -0.4 is 0 Å². The Labute approximate surface area is 114 Å². The van der Waals surface area contributed by atoms with Crippen LogP contribution in [0.25, 0.3) is 0 Å². The smallest absolute Gasteiger partial charge is 0.240 e. The third-order valence-electron chi connectivity index (χ3n) is 3.72. The van der Waals surface area contributed by atoms with E-state index in [1.807, 2.05) is 11.8 Å². The highest BCUT2D eigenvalue weighted by Crippen LogP contribution is 2.27. The first-order valence-corrected chi connectivity index (χ1v) is 7.86. The molecule has 1 aromatic heterocycles. The topological polar surface area (TPSA) is 42.2 Å². The van der Waals surface area contributed by atoms with Crippen LogP contribution in [-0.2, 0) is 6.54 Å². The molecule has 1 aromatic rings. The van der Waals surface area contributed by atoms with Crippen LogP contribution in [0.3, 0.4) is 0 Å². The molecule has 0 amide bonds. The van der Waals surface area contributed by atoms with Gasteiger partial charge in [0.25, 0.3) is 0 Å². The molecule has 0 saturated carbocycles. The lowest BCUT2D eigenvalue weighted by molar-refractivity contribution is 0.177. The van der Waals surface area contributed by atoms with Crippen molar-refractivity contribution in [3.8, 4) is 0 Å². The Morgan fingerprint density at radius 3 is 2.67 bits per heavy atom. The lowest BCUT2D eigenvalue weighted by Crippen LogP contribution is -2.32. The number of aromatic nitrogens is 2. The molecule has 0 aliphatic carbocycles. The molecule has 0 bridgehead atoms. The van der Waals surface area contributed by atoms with Gasteiger partial charge >= 0.3 is 0 Å². The van der Waals surface area contributed by atoms with Crippen LogP contribution in [0.4, 0.5) is 0 Å². The second kappa shape index (κ2) is 6.06. The molecule has 1 aliphatic heterocycles. The average molecular weight is 269 g/mol. The number of nitrogens with zero attached hydrogens (tertiary/aromatic N) is 3. The van der Waals surface area contributed by atoms with Gasteiger partial charge in [-0.15, -0.1) is 0 Å². The van der Waals surface area contributed by atoms with Crippen molar-refractivity contribution < 1.29 is 4.52 Å². The minimum atomic E-state index is 0.320. The highest BCUT2D eigenvalue weighted by Gasteiger charge is 2.28. The van der Waals surface area contributed by atoms with E-state index >= 15 is 0 Å². The molecule has 1 fully saturated rings. The molecule has 0 N–H and O–H groups in total. The van der Waals surface area contributed by atoms with Gasteiger partial charge in [-0.25, -0.2) is 0 Å². The lowest BCUT2D eigenvalue weighted by Gasteiger charge is -2.23. The summed E-state index contributed by atoms with van der Waals surface area (Å²) in [5.74, 6) is 2.66. The van der Waals surface area contributed by atoms with Crippen molar-refractivity contribution in [2.45, 2.75) is 64.4 Å². The fourth-order valence-corrected chi connectivity index (χ4v) is 3.28. The number of rotatable bonds is 5. The van der Waals surface area contributed by atoms with E-state index in [0.717, 1.165) is 24.0 Å². The summed E-state index contributed by atoms with van der Waals surface area (Å²) in [5.41, 5.74) is 0. The molecule has 2 heterocycles. The molecule has 102 valence electrons. The third kappa shape index (κ3) is 3.06. The molecular weight excluding hydrogens is 246 g/mol. The molecule has 2 rings (SSSR count). The van der Waals surface area contributed by atoms with E-state index in [-0.39, 0.29) is 0 Å². The summed E-state index contributed by atoms with van der Waals surface area (Å²) in [6.45, 7) is 9.62. The maximum Gasteiger partial charge on any atom is 0.240 e. The maximum absolute atomic E-state index is 5.37. The second-order valence-electron chi connectivity index (χ2n) is 5.09. The van der Waals surface area contributed by atoms with Gasteiger partial charge < -0.3 is 4.52 Å². The summed E-state index contributed by atoms with van der Waals surface area (Å²) in [7, 11) is 0. The van der Waals surface area contributed by atoms with Crippen LogP contribution in [0.5, 0.6) is 0 Å². The molecule has 5 heteroatoms. The Morgan fingerprint density at radius 2 is 2.06 bits per heavy atom. The molecule has 0 spiro atoms. The van der Waals surface area contributed by atoms with Crippen molar-refractivity contribution in [3.63, 3.8) is 0 Å². The molecule has 0 radical (unpaired) electrons. The number of likely N-dealkylation sites (tertiary alicyclic amines) is 1. The zero-order valence-corrected chi connectivity index (χ0v) is 12.5. The van der Waals surface area contributed by atoms with E-state index in [4.69, 9.17) is 4.52 Å². The standard InChI is InChI=1S/C13H23N3OS/c1-5-18-11(4)13-14-12(17-15-13)8-16-9(2)6-7-10(16)3/h9-11H,5-8H2,1-4H3/t9-,10+,11-/m0/s1. The van der Waals surface area contributed by atoms with Crippen molar-refractivity contribution >= 4 is 11.8 Å². The first-order chi connectivity index (χ1) is 8.61. The van der Waals surface area contributed by atoms with Crippen LogP contribution in [-0.4, -0.2) is 32.9 Å². The van der Waals surface area contributed by atoms with Crippen molar-refractivity contribution in [3.05, 3.63) is 11.7 Å². The van der Waals surface area contributed by atoms with Gasteiger partial charge in [-0.1, -0.05) is 12.1 Å². The molecule has 0 aromatic carbocycles. The van der Waals surface area contributed by atoms with Gasteiger partial charge in [0.1, 0.15) is 0 Å². The van der Waals surface area contributed by atoms with Gasteiger partial charge in [-0.2, -0.15) is 16.7 Å². The molecule has 4 nitrogen and oxygen atoms in total. The predicted molar refractivity (Wildman–Crippen MR) is 74.5 cm³/mol. The van der Waals surface area contributed by atoms with Crippen LogP contribution in [0.15, 0.2) is 4.52 Å². The summed E-state index contributed by atoms with van der Waals surface area (Å²) in [5, 5.41) is 4.41. The zero-order chi connectivity index (χ0) is 13.1. The van der Waals surface area contributed by atoms with E-state index in [1.165, 1.54) is 12.8 Å². The van der Waals surface area contributed by atoms with Gasteiger partial charge in [-0.3, -0.25) is 4.90 Å². The van der Waals surface area contributed by atoms with Gasteiger partial charge in [0, 0.05) is 12.1 Å². The Kier molecular flexibility index (Phi) is 4.67. The summed E-state index contributed by atoms with van der Waals surface area (Å²) >= 11 is 1.84. The van der Waals surface area contributed by atoms with Crippen molar-refractivity contribution in [2.24, 2.45) is 0 Å². The number of hydrogen-bond acceptors (Lipinski definition) is 5. The summed E-state index contributed by atoms with van der Waals surface area (Å²) < 4.78 is 5.37. The Hall–Kier alpha value is -0.550. The molecule has 1 saturated heterocycles. The average Bonchev–Trinajstić information content (AvgIpc) is 2.92. The summed E-state index contributed by atoms with van der Waals surface area (Å²) in [6, 6.07) is 1.25. The van der Waals surface area contributed by atoms with Crippen molar-refractivity contribution in [1.29, 1.82) is 0 Å². The zero-order valence-electron chi connectivity index (χ0n) is 11.7. The Morgan fingerprint density at radius 1 is 1.39 bits per heavy atom. The van der Waals surface area contributed by atoms with Crippen LogP contribution in [0, 0.1) is 0 Å². The normalized spacial score (nSPS) is 26.7. The monoisotopic (exact) mass is 269 g/mol. The van der Waals surface area contributed by atoms with E-state index in [1.54, 1.807) is 0 Å². The number of thioether (sulfide) groups is 1. The summed E-state index contributed by atoms with van der Waals surface area (Å²) in [4.78, 5) is 6.97. The van der Waals surface area contributed by atoms with Crippen LogP contribution >= 0.6 is 11.8 Å². The van der Waals surface area contributed by atoms with E-state index in [0.29, 0.717) is 17.3 Å². The lowest BCUT2D eigenvalue weighted by atomic mass is 10.2. The second-order valence-corrected chi connectivity index (χ2v) is 6.71. The number of hydrogen-bond donors (Lipinski definition) is 0. The quantitative estimate of drug-likeness (QED) is 0.820.